The zero-order valence-corrected chi connectivity index (χ0v) is 4.22. The number of nitrogens with one attached hydrogen (secondary N) is 2. The Bertz CT molecular complexity index is 48.8. The number of amides is 2. The molecular weight excluding hydrogens is 101 g/mol. The molecule has 0 heterocycles. The van der Waals surface area contributed by atoms with Gasteiger partial charge in [-0.25, -0.2) is 10.6 Å². The van der Waals surface area contributed by atoms with Gasteiger partial charge in [-0.1, -0.05) is 0 Å². The van der Waals surface area contributed by atoms with Crippen LogP contribution < -0.4 is 16.4 Å². The molecule has 0 saturated carbocycles. The van der Waals surface area contributed by atoms with Gasteiger partial charge in [0, 0.05) is 0 Å². The number of urea groups is 1. The highest BCUT2D eigenvalue weighted by molar-refractivity contribution is 7.15. The summed E-state index contributed by atoms with van der Waals surface area (Å²) in [6, 6.07) is -0.417. The molecule has 36 valence electrons. The molecule has 5 heteroatoms. The maximum atomic E-state index is 9.81. The van der Waals surface area contributed by atoms with Gasteiger partial charge >= 0.3 is 6.03 Å². The molecule has 0 aliphatic carbocycles. The van der Waals surface area contributed by atoms with Gasteiger partial charge in [0.05, 0.1) is 0 Å². The molecule has 0 aromatic carbocycles. The fraction of sp³-hybridized carbons (Fsp3) is 0. The molecular formula is CH6N3OP. The molecule has 0 saturated heterocycles. The Kier molecular flexibility index (Phi) is 2.71. The van der Waals surface area contributed by atoms with Gasteiger partial charge < -0.3 is 5.09 Å². The smallest absolute Gasteiger partial charge is 0.322 e. The van der Waals surface area contributed by atoms with Crippen LogP contribution in [-0.4, -0.2) is 6.03 Å². The molecule has 1 atom stereocenters. The van der Waals surface area contributed by atoms with Crippen LogP contribution in [0.25, 0.3) is 0 Å². The molecule has 6 heavy (non-hydrogen) atoms. The first-order valence-corrected chi connectivity index (χ1v) is 1.86. The number of rotatable bonds is 0. The van der Waals surface area contributed by atoms with E-state index in [1.165, 1.54) is 0 Å². The summed E-state index contributed by atoms with van der Waals surface area (Å²) in [6.07, 6.45) is 0. The van der Waals surface area contributed by atoms with Gasteiger partial charge in [0.25, 0.3) is 0 Å². The third-order valence-electron chi connectivity index (χ3n) is 0.262. The highest BCUT2D eigenvalue weighted by Gasteiger charge is 1.82. The van der Waals surface area contributed by atoms with Crippen molar-refractivity contribution in [2.45, 2.75) is 0 Å². The number of hydrazine groups is 1. The van der Waals surface area contributed by atoms with E-state index >= 15 is 0 Å². The standard InChI is InChI=1S/CH6N3OP/c2-3-1(5)4-6/h2,6H2,(H2,3,4,5). The lowest BCUT2D eigenvalue weighted by Gasteiger charge is -1.90. The van der Waals surface area contributed by atoms with E-state index in [2.05, 4.69) is 10.9 Å². The average Bonchev–Trinajstić information content (AvgIpc) is 1.65. The van der Waals surface area contributed by atoms with Crippen molar-refractivity contribution in [1.29, 1.82) is 0 Å². The molecule has 0 fully saturated rings. The molecule has 0 aliphatic rings. The quantitative estimate of drug-likeness (QED) is 0.160. The zero-order valence-electron chi connectivity index (χ0n) is 3.06. The summed E-state index contributed by atoms with van der Waals surface area (Å²) in [7, 11) is 2.00. The van der Waals surface area contributed by atoms with Crippen LogP contribution in [0.4, 0.5) is 4.79 Å². The third-order valence-corrected chi connectivity index (χ3v) is 0.524. The molecule has 4 N–H and O–H groups in total. The minimum absolute atomic E-state index is 0.417. The topological polar surface area (TPSA) is 67.1 Å². The van der Waals surface area contributed by atoms with Gasteiger partial charge in [-0.3, -0.25) is 5.43 Å². The van der Waals surface area contributed by atoms with E-state index in [4.69, 9.17) is 0 Å². The fourth-order valence-corrected chi connectivity index (χ4v) is 0.125. The van der Waals surface area contributed by atoms with Crippen LogP contribution in [0.5, 0.6) is 0 Å². The zero-order chi connectivity index (χ0) is 4.99. The second-order valence-corrected chi connectivity index (χ2v) is 0.906. The molecule has 0 spiro atoms. The van der Waals surface area contributed by atoms with E-state index in [0.717, 1.165) is 0 Å². The van der Waals surface area contributed by atoms with Crippen LogP contribution in [0.1, 0.15) is 0 Å². The van der Waals surface area contributed by atoms with Crippen LogP contribution in [0, 0.1) is 0 Å². The second kappa shape index (κ2) is 2.87. The molecule has 0 aromatic rings. The van der Waals surface area contributed by atoms with Gasteiger partial charge in [0.1, 0.15) is 0 Å². The fourth-order valence-electron chi connectivity index (χ4n) is 0.0417. The highest BCUT2D eigenvalue weighted by Crippen LogP contribution is 1.63. The number of nitrogens with two attached hydrogens (primary N) is 1. The monoisotopic (exact) mass is 107 g/mol. The Balaban J connectivity index is 2.99. The first-order valence-electron chi connectivity index (χ1n) is 1.28. The summed E-state index contributed by atoms with van der Waals surface area (Å²) in [5.41, 5.74) is 1.84. The Labute approximate surface area is 37.7 Å². The Morgan fingerprint density at radius 2 is 2.33 bits per heavy atom. The van der Waals surface area contributed by atoms with Crippen molar-refractivity contribution in [3.05, 3.63) is 0 Å². The number of carbonyl (C=O) groups excluding carboxylic acids is 1. The largest absolute Gasteiger partial charge is 0.331 e. The lowest BCUT2D eigenvalue weighted by atomic mass is 11.2. The predicted molar refractivity (Wildman–Crippen MR) is 25.6 cm³/mol. The minimum atomic E-state index is -0.417. The molecule has 4 nitrogen and oxygen atoms in total. The van der Waals surface area contributed by atoms with Gasteiger partial charge in [0.2, 0.25) is 0 Å². The van der Waals surface area contributed by atoms with E-state index in [-0.39, 0.29) is 0 Å². The van der Waals surface area contributed by atoms with E-state index in [9.17, 15) is 4.79 Å². The highest BCUT2D eigenvalue weighted by atomic mass is 31.0. The van der Waals surface area contributed by atoms with Gasteiger partial charge in [-0.2, -0.15) is 0 Å². The van der Waals surface area contributed by atoms with Crippen molar-refractivity contribution < 1.29 is 4.79 Å². The first-order chi connectivity index (χ1) is 2.81. The molecule has 2 amide bonds. The summed E-state index contributed by atoms with van der Waals surface area (Å²) in [4.78, 5) is 9.81. The molecule has 0 aromatic heterocycles. The summed E-state index contributed by atoms with van der Waals surface area (Å²) >= 11 is 0. The SMILES string of the molecule is NNC(=O)NP. The number of carbonyl (C=O) groups is 1. The van der Waals surface area contributed by atoms with Crippen molar-refractivity contribution in [3.8, 4) is 0 Å². The predicted octanol–water partition coefficient (Wildman–Crippen LogP) is -1.05. The summed E-state index contributed by atoms with van der Waals surface area (Å²) in [5, 5.41) is 2.16. The summed E-state index contributed by atoms with van der Waals surface area (Å²) in [6.45, 7) is 0. The second-order valence-electron chi connectivity index (χ2n) is 0.618. The normalized spacial score (nSPS) is 7.00. The summed E-state index contributed by atoms with van der Waals surface area (Å²) < 4.78 is 0. The van der Waals surface area contributed by atoms with Crippen LogP contribution in [-0.2, 0) is 0 Å². The number of hydrogen-bond acceptors (Lipinski definition) is 2. The Morgan fingerprint density at radius 3 is 2.33 bits per heavy atom. The molecule has 0 bridgehead atoms. The molecule has 1 unspecified atom stereocenters. The van der Waals surface area contributed by atoms with Gasteiger partial charge in [-0.15, -0.1) is 0 Å². The van der Waals surface area contributed by atoms with Crippen molar-refractivity contribution in [3.63, 3.8) is 0 Å². The van der Waals surface area contributed by atoms with Crippen LogP contribution in [0.3, 0.4) is 0 Å². The van der Waals surface area contributed by atoms with Crippen molar-refractivity contribution in [1.82, 2.24) is 10.5 Å². The molecule has 0 radical (unpaired) electrons. The van der Waals surface area contributed by atoms with Crippen LogP contribution in [0.15, 0.2) is 0 Å². The minimum Gasteiger partial charge on any atom is -0.322 e. The number of hydrogen-bond donors (Lipinski definition) is 3. The van der Waals surface area contributed by atoms with Crippen molar-refractivity contribution in [2.24, 2.45) is 5.84 Å². The van der Waals surface area contributed by atoms with E-state index in [1.807, 2.05) is 14.8 Å². The Hall–Kier alpha value is -0.340. The van der Waals surface area contributed by atoms with Crippen molar-refractivity contribution >= 4 is 15.4 Å². The third kappa shape index (κ3) is 1.93. The maximum absolute atomic E-state index is 9.81. The maximum Gasteiger partial charge on any atom is 0.331 e. The van der Waals surface area contributed by atoms with Crippen LogP contribution >= 0.6 is 9.39 Å². The van der Waals surface area contributed by atoms with E-state index < -0.39 is 6.03 Å². The van der Waals surface area contributed by atoms with Crippen molar-refractivity contribution in [2.75, 3.05) is 0 Å². The molecule has 0 aliphatic heterocycles. The van der Waals surface area contributed by atoms with Crippen LogP contribution in [0.2, 0.25) is 0 Å². The average molecular weight is 107 g/mol. The lowest BCUT2D eigenvalue weighted by Crippen LogP contribution is -2.34. The van der Waals surface area contributed by atoms with Gasteiger partial charge in [0.15, 0.2) is 0 Å². The Morgan fingerprint density at radius 1 is 1.83 bits per heavy atom. The summed E-state index contributed by atoms with van der Waals surface area (Å²) in [5.74, 6) is 4.61. The van der Waals surface area contributed by atoms with E-state index in [0.29, 0.717) is 0 Å². The first kappa shape index (κ1) is 5.66. The van der Waals surface area contributed by atoms with Gasteiger partial charge in [-0.05, 0) is 9.39 Å². The molecule has 0 rings (SSSR count). The lowest BCUT2D eigenvalue weighted by molar-refractivity contribution is 0.246. The van der Waals surface area contributed by atoms with E-state index in [1.54, 1.807) is 0 Å².